The van der Waals surface area contributed by atoms with Crippen LogP contribution in [-0.2, 0) is 12.8 Å². The molecule has 6 heteroatoms. The lowest BCUT2D eigenvalue weighted by atomic mass is 9.79. The van der Waals surface area contributed by atoms with Gasteiger partial charge in [0.15, 0.2) is 0 Å². The molecule has 0 aliphatic carbocycles. The molecule has 0 fully saturated rings. The summed E-state index contributed by atoms with van der Waals surface area (Å²) in [4.78, 5) is 0. The van der Waals surface area contributed by atoms with Crippen LogP contribution in [0, 0.1) is 17.8 Å². The Labute approximate surface area is 132 Å². The normalized spacial score (nSPS) is 14.2. The minimum atomic E-state index is -4.37. The average molecular weight is 340 g/mol. The van der Waals surface area contributed by atoms with Crippen molar-refractivity contribution in [1.29, 1.82) is 0 Å². The van der Waals surface area contributed by atoms with E-state index in [9.17, 15) is 26.3 Å². The van der Waals surface area contributed by atoms with Crippen LogP contribution in [0.1, 0.15) is 44.4 Å². The minimum absolute atomic E-state index is 0.261. The molecule has 0 unspecified atom stereocenters. The van der Waals surface area contributed by atoms with Crippen molar-refractivity contribution in [3.63, 3.8) is 0 Å². The van der Waals surface area contributed by atoms with Crippen LogP contribution in [0.4, 0.5) is 26.3 Å². The fourth-order valence-corrected chi connectivity index (χ4v) is 2.27. The number of alkyl halides is 6. The Hall–Kier alpha value is -1.20. The third kappa shape index (κ3) is 4.42. The Morgan fingerprint density at radius 2 is 1.00 bits per heavy atom. The maximum absolute atomic E-state index is 13.0. The highest BCUT2D eigenvalue weighted by atomic mass is 19.4. The Morgan fingerprint density at radius 3 is 1.26 bits per heavy atom. The maximum Gasteiger partial charge on any atom is 0.394 e. The van der Waals surface area contributed by atoms with Crippen molar-refractivity contribution in [3.8, 4) is 0 Å². The van der Waals surface area contributed by atoms with Crippen molar-refractivity contribution < 1.29 is 26.3 Å². The molecule has 0 saturated heterocycles. The summed E-state index contributed by atoms with van der Waals surface area (Å²) < 4.78 is 78.2. The standard InChI is InChI=1S/C17H22F6/c1-11-12(9-14(2,3)16(18,19)20)7-6-8-13(11)10-15(4,5)17(21,22)23/h6-8H,9-10H2,1-5H3. The Balaban J connectivity index is 3.14. The summed E-state index contributed by atoms with van der Waals surface area (Å²) in [5, 5.41) is 0. The highest BCUT2D eigenvalue weighted by Crippen LogP contribution is 2.43. The van der Waals surface area contributed by atoms with E-state index in [1.54, 1.807) is 19.1 Å². The monoisotopic (exact) mass is 340 g/mol. The second kappa shape index (κ2) is 6.02. The molecule has 0 N–H and O–H groups in total. The number of hydrogen-bond donors (Lipinski definition) is 0. The molecule has 0 atom stereocenters. The molecule has 23 heavy (non-hydrogen) atoms. The largest absolute Gasteiger partial charge is 0.394 e. The molecule has 0 bridgehead atoms. The molecule has 0 aliphatic heterocycles. The molecule has 0 spiro atoms. The first-order valence-electron chi connectivity index (χ1n) is 7.29. The third-order valence-corrected chi connectivity index (χ3v) is 4.36. The molecule has 0 aliphatic rings. The van der Waals surface area contributed by atoms with Gasteiger partial charge in [0.1, 0.15) is 0 Å². The van der Waals surface area contributed by atoms with Crippen molar-refractivity contribution >= 4 is 0 Å². The Kier molecular flexibility index (Phi) is 5.20. The molecule has 0 heterocycles. The van der Waals surface area contributed by atoms with Gasteiger partial charge in [-0.05, 0) is 36.5 Å². The van der Waals surface area contributed by atoms with E-state index in [2.05, 4.69) is 0 Å². The van der Waals surface area contributed by atoms with E-state index in [4.69, 9.17) is 0 Å². The van der Waals surface area contributed by atoms with Gasteiger partial charge in [0.25, 0.3) is 0 Å². The van der Waals surface area contributed by atoms with Gasteiger partial charge in [-0.3, -0.25) is 0 Å². The Bertz CT molecular complexity index is 503. The van der Waals surface area contributed by atoms with E-state index < -0.39 is 23.2 Å². The zero-order chi connectivity index (χ0) is 18.3. The first kappa shape index (κ1) is 19.8. The topological polar surface area (TPSA) is 0 Å². The molecule has 0 aromatic heterocycles. The lowest BCUT2D eigenvalue weighted by molar-refractivity contribution is -0.211. The molecule has 0 saturated carbocycles. The van der Waals surface area contributed by atoms with Gasteiger partial charge < -0.3 is 0 Å². The van der Waals surface area contributed by atoms with Crippen LogP contribution < -0.4 is 0 Å². The fourth-order valence-electron chi connectivity index (χ4n) is 2.27. The fraction of sp³-hybridized carbons (Fsp3) is 0.647. The second-order valence-electron chi connectivity index (χ2n) is 7.32. The Morgan fingerprint density at radius 1 is 0.696 bits per heavy atom. The summed E-state index contributed by atoms with van der Waals surface area (Å²) in [5.41, 5.74) is -2.50. The van der Waals surface area contributed by atoms with Crippen LogP contribution in [0.2, 0.25) is 0 Å². The molecule has 0 amide bonds. The lowest BCUT2D eigenvalue weighted by Crippen LogP contribution is -2.35. The first-order chi connectivity index (χ1) is 10.1. The van der Waals surface area contributed by atoms with Gasteiger partial charge in [-0.2, -0.15) is 26.3 Å². The van der Waals surface area contributed by atoms with Crippen LogP contribution in [-0.4, -0.2) is 12.4 Å². The van der Waals surface area contributed by atoms with Gasteiger partial charge in [0.2, 0.25) is 0 Å². The SMILES string of the molecule is Cc1c(CC(C)(C)C(F)(F)F)cccc1CC(C)(C)C(F)(F)F. The van der Waals surface area contributed by atoms with Gasteiger partial charge in [-0.15, -0.1) is 0 Å². The zero-order valence-corrected chi connectivity index (χ0v) is 13.9. The quantitative estimate of drug-likeness (QED) is 0.568. The molecule has 1 aromatic carbocycles. The number of rotatable bonds is 4. The van der Waals surface area contributed by atoms with E-state index in [-0.39, 0.29) is 12.8 Å². The van der Waals surface area contributed by atoms with Crippen molar-refractivity contribution in [2.45, 2.75) is 59.8 Å². The van der Waals surface area contributed by atoms with Crippen LogP contribution in [0.5, 0.6) is 0 Å². The van der Waals surface area contributed by atoms with Crippen molar-refractivity contribution in [3.05, 3.63) is 34.9 Å². The van der Waals surface area contributed by atoms with E-state index in [0.717, 1.165) is 27.7 Å². The molecule has 132 valence electrons. The third-order valence-electron chi connectivity index (χ3n) is 4.36. The lowest BCUT2D eigenvalue weighted by Gasteiger charge is -2.30. The molecular formula is C17H22F6. The van der Waals surface area contributed by atoms with E-state index in [1.165, 1.54) is 6.07 Å². The van der Waals surface area contributed by atoms with Crippen LogP contribution in [0.25, 0.3) is 0 Å². The first-order valence-corrected chi connectivity index (χ1v) is 7.29. The zero-order valence-electron chi connectivity index (χ0n) is 13.9. The average Bonchev–Trinajstić information content (AvgIpc) is 2.31. The summed E-state index contributed by atoms with van der Waals surface area (Å²) in [5.74, 6) is 0. The minimum Gasteiger partial charge on any atom is -0.171 e. The van der Waals surface area contributed by atoms with Gasteiger partial charge in [0, 0.05) is 0 Å². The summed E-state index contributed by atoms with van der Waals surface area (Å²) in [7, 11) is 0. The molecular weight excluding hydrogens is 318 g/mol. The van der Waals surface area contributed by atoms with Crippen molar-refractivity contribution in [2.75, 3.05) is 0 Å². The van der Waals surface area contributed by atoms with E-state index in [0.29, 0.717) is 16.7 Å². The van der Waals surface area contributed by atoms with Gasteiger partial charge in [-0.1, -0.05) is 45.9 Å². The summed E-state index contributed by atoms with van der Waals surface area (Å²) in [6.07, 6.45) is -9.27. The number of benzene rings is 1. The maximum atomic E-state index is 13.0. The van der Waals surface area contributed by atoms with Crippen LogP contribution in [0.3, 0.4) is 0 Å². The molecule has 0 radical (unpaired) electrons. The van der Waals surface area contributed by atoms with Gasteiger partial charge in [0.05, 0.1) is 10.8 Å². The van der Waals surface area contributed by atoms with E-state index in [1.807, 2.05) is 0 Å². The van der Waals surface area contributed by atoms with Crippen LogP contribution >= 0.6 is 0 Å². The second-order valence-corrected chi connectivity index (χ2v) is 7.32. The summed E-state index contributed by atoms with van der Waals surface area (Å²) in [6.45, 7) is 5.97. The van der Waals surface area contributed by atoms with Gasteiger partial charge in [-0.25, -0.2) is 0 Å². The van der Waals surface area contributed by atoms with Gasteiger partial charge >= 0.3 is 12.4 Å². The number of halogens is 6. The predicted molar refractivity (Wildman–Crippen MR) is 78.3 cm³/mol. The van der Waals surface area contributed by atoms with Crippen molar-refractivity contribution in [2.24, 2.45) is 10.8 Å². The van der Waals surface area contributed by atoms with Crippen molar-refractivity contribution in [1.82, 2.24) is 0 Å². The summed E-state index contributed by atoms with van der Waals surface area (Å²) >= 11 is 0. The molecule has 1 aromatic rings. The highest BCUT2D eigenvalue weighted by Gasteiger charge is 2.48. The van der Waals surface area contributed by atoms with E-state index >= 15 is 0 Å². The predicted octanol–water partition coefficient (Wildman–Crippen LogP) is 6.26. The van der Waals surface area contributed by atoms with Crippen LogP contribution in [0.15, 0.2) is 18.2 Å². The smallest absolute Gasteiger partial charge is 0.171 e. The molecule has 0 nitrogen and oxygen atoms in total. The summed E-state index contributed by atoms with van der Waals surface area (Å²) in [6, 6.07) is 4.62. The number of hydrogen-bond acceptors (Lipinski definition) is 0. The molecule has 1 rings (SSSR count). The highest BCUT2D eigenvalue weighted by molar-refractivity contribution is 5.35.